The van der Waals surface area contributed by atoms with E-state index in [0.717, 1.165) is 6.42 Å². The molecule has 0 saturated carbocycles. The van der Waals surface area contributed by atoms with Crippen LogP contribution < -0.4 is 23.8 Å². The Labute approximate surface area is 216 Å². The molecule has 1 N–H and O–H groups in total. The highest BCUT2D eigenvalue weighted by molar-refractivity contribution is 7.90. The van der Waals surface area contributed by atoms with Gasteiger partial charge in [0.1, 0.15) is 5.82 Å². The van der Waals surface area contributed by atoms with Gasteiger partial charge < -0.3 is 19.1 Å². The van der Waals surface area contributed by atoms with E-state index in [0.29, 0.717) is 29.8 Å². The highest BCUT2D eigenvalue weighted by Crippen LogP contribution is 2.39. The number of methoxy groups -OCH3 is 2. The summed E-state index contributed by atoms with van der Waals surface area (Å²) in [5.74, 6) is 1.12. The summed E-state index contributed by atoms with van der Waals surface area (Å²) < 4.78 is 44.8. The second-order valence-electron chi connectivity index (χ2n) is 9.45. The van der Waals surface area contributed by atoms with Gasteiger partial charge in [0.2, 0.25) is 11.6 Å². The molecule has 0 radical (unpaired) electrons. The molecule has 1 aliphatic rings. The SMILES string of the molecule is COc1cccc(Oc2cccc(S(=O)(=O)NC(=O)c3cccnc3N3CC(C)CC3(C)C)n2)c1OC. The fourth-order valence-electron chi connectivity index (χ4n) is 4.63. The van der Waals surface area contributed by atoms with E-state index < -0.39 is 15.9 Å². The Bertz CT molecular complexity index is 1410. The van der Waals surface area contributed by atoms with Crippen molar-refractivity contribution in [2.24, 2.45) is 5.92 Å². The van der Waals surface area contributed by atoms with Crippen molar-refractivity contribution in [1.29, 1.82) is 0 Å². The summed E-state index contributed by atoms with van der Waals surface area (Å²) >= 11 is 0. The third kappa shape index (κ3) is 5.46. The Kier molecular flexibility index (Phi) is 7.26. The van der Waals surface area contributed by atoms with Gasteiger partial charge in [-0.3, -0.25) is 4.79 Å². The Hall–Kier alpha value is -3.86. The van der Waals surface area contributed by atoms with Crippen molar-refractivity contribution in [2.75, 3.05) is 25.7 Å². The number of hydrogen-bond donors (Lipinski definition) is 1. The predicted octanol–water partition coefficient (Wildman–Crippen LogP) is 4.03. The van der Waals surface area contributed by atoms with E-state index in [9.17, 15) is 13.2 Å². The van der Waals surface area contributed by atoms with Gasteiger partial charge in [0, 0.05) is 24.3 Å². The second-order valence-corrected chi connectivity index (χ2v) is 11.1. The molecule has 10 nitrogen and oxygen atoms in total. The molecule has 3 heterocycles. The number of hydrogen-bond acceptors (Lipinski definition) is 9. The van der Waals surface area contributed by atoms with Crippen LogP contribution in [0.1, 0.15) is 37.6 Å². The van der Waals surface area contributed by atoms with Gasteiger partial charge in [-0.2, -0.15) is 13.4 Å². The lowest BCUT2D eigenvalue weighted by atomic mass is 9.97. The van der Waals surface area contributed by atoms with Crippen molar-refractivity contribution in [3.05, 3.63) is 60.3 Å². The summed E-state index contributed by atoms with van der Waals surface area (Å²) in [6, 6.07) is 12.4. The number of nitrogens with one attached hydrogen (secondary N) is 1. The van der Waals surface area contributed by atoms with Gasteiger partial charge in [0.05, 0.1) is 19.8 Å². The molecule has 1 aliphatic heterocycles. The van der Waals surface area contributed by atoms with Gasteiger partial charge >= 0.3 is 0 Å². The first-order chi connectivity index (χ1) is 17.6. The van der Waals surface area contributed by atoms with E-state index in [1.807, 2.05) is 4.90 Å². The van der Waals surface area contributed by atoms with Crippen molar-refractivity contribution in [1.82, 2.24) is 14.7 Å². The van der Waals surface area contributed by atoms with E-state index in [2.05, 4.69) is 35.5 Å². The quantitative estimate of drug-likeness (QED) is 0.464. The monoisotopic (exact) mass is 526 g/mol. The Morgan fingerprint density at radius 3 is 2.46 bits per heavy atom. The Balaban J connectivity index is 1.59. The molecular formula is C26H30N4O6S. The molecule has 1 fully saturated rings. The van der Waals surface area contributed by atoms with E-state index in [1.165, 1.54) is 32.4 Å². The molecule has 1 aromatic carbocycles. The normalized spacial score (nSPS) is 16.8. The number of carbonyl (C=O) groups is 1. The smallest absolute Gasteiger partial charge is 0.281 e. The van der Waals surface area contributed by atoms with Crippen LogP contribution in [0, 0.1) is 5.92 Å². The van der Waals surface area contributed by atoms with Gasteiger partial charge in [-0.05, 0) is 56.5 Å². The largest absolute Gasteiger partial charge is 0.493 e. The average Bonchev–Trinajstić information content (AvgIpc) is 3.15. The molecule has 1 unspecified atom stereocenters. The molecule has 37 heavy (non-hydrogen) atoms. The fourth-order valence-corrected chi connectivity index (χ4v) is 5.56. The van der Waals surface area contributed by atoms with E-state index >= 15 is 0 Å². The maximum Gasteiger partial charge on any atom is 0.281 e. The highest BCUT2D eigenvalue weighted by Gasteiger charge is 2.39. The van der Waals surface area contributed by atoms with Crippen molar-refractivity contribution < 1.29 is 27.4 Å². The van der Waals surface area contributed by atoms with Gasteiger partial charge in [0.15, 0.2) is 16.5 Å². The lowest BCUT2D eigenvalue weighted by Crippen LogP contribution is -2.41. The number of anilines is 1. The number of nitrogens with zero attached hydrogens (tertiary/aromatic N) is 3. The molecule has 2 aromatic heterocycles. The van der Waals surface area contributed by atoms with Crippen molar-refractivity contribution in [2.45, 2.75) is 37.8 Å². The first kappa shape index (κ1) is 26.2. The molecule has 11 heteroatoms. The van der Waals surface area contributed by atoms with Crippen LogP contribution in [0.4, 0.5) is 5.82 Å². The van der Waals surface area contributed by atoms with Crippen LogP contribution in [0.25, 0.3) is 0 Å². The molecule has 0 aliphatic carbocycles. The summed E-state index contributed by atoms with van der Waals surface area (Å²) in [5.41, 5.74) is -0.0578. The number of para-hydroxylation sites is 1. The molecule has 1 amide bonds. The molecule has 0 spiro atoms. The van der Waals surface area contributed by atoms with Crippen molar-refractivity contribution in [3.63, 3.8) is 0 Å². The summed E-state index contributed by atoms with van der Waals surface area (Å²) in [4.78, 5) is 23.8. The highest BCUT2D eigenvalue weighted by atomic mass is 32.2. The standard InChI is InChI=1S/C26H30N4O6S/c1-17-15-26(2,3)30(16-17)24-18(9-8-14-27-24)25(31)29-37(32,33)22-13-7-12-21(28-22)36-20-11-6-10-19(34-4)23(20)35-5/h6-14,17H,15-16H2,1-5H3,(H,29,31). The number of carbonyl (C=O) groups excluding carboxylic acids is 1. The fraction of sp³-hybridized carbons (Fsp3) is 0.346. The summed E-state index contributed by atoms with van der Waals surface area (Å²) in [6.45, 7) is 7.01. The van der Waals surface area contributed by atoms with E-state index in [-0.39, 0.29) is 27.8 Å². The van der Waals surface area contributed by atoms with E-state index in [1.54, 1.807) is 36.5 Å². The molecule has 1 atom stereocenters. The van der Waals surface area contributed by atoms with Gasteiger partial charge in [-0.1, -0.05) is 19.1 Å². The van der Waals surface area contributed by atoms with Gasteiger partial charge in [0.25, 0.3) is 15.9 Å². The maximum absolute atomic E-state index is 13.2. The molecule has 196 valence electrons. The topological polar surface area (TPSA) is 120 Å². The van der Waals surface area contributed by atoms with Crippen LogP contribution in [0.5, 0.6) is 23.1 Å². The van der Waals surface area contributed by atoms with Crippen LogP contribution in [0.2, 0.25) is 0 Å². The Morgan fingerprint density at radius 2 is 1.78 bits per heavy atom. The number of benzene rings is 1. The van der Waals surface area contributed by atoms with Crippen LogP contribution in [0.3, 0.4) is 0 Å². The number of ether oxygens (including phenoxy) is 3. The summed E-state index contributed by atoms with van der Waals surface area (Å²) in [5, 5.41) is -0.374. The number of amides is 1. The maximum atomic E-state index is 13.2. The van der Waals surface area contributed by atoms with Crippen LogP contribution >= 0.6 is 0 Å². The summed E-state index contributed by atoms with van der Waals surface area (Å²) in [7, 11) is -1.37. The lowest BCUT2D eigenvalue weighted by Gasteiger charge is -2.33. The number of pyridine rings is 2. The predicted molar refractivity (Wildman–Crippen MR) is 138 cm³/mol. The van der Waals surface area contributed by atoms with Gasteiger partial charge in [-0.15, -0.1) is 0 Å². The zero-order valence-electron chi connectivity index (χ0n) is 21.4. The molecule has 3 aromatic rings. The number of sulfonamides is 1. The van der Waals surface area contributed by atoms with E-state index in [4.69, 9.17) is 14.2 Å². The number of rotatable bonds is 8. The second kappa shape index (κ2) is 10.3. The Morgan fingerprint density at radius 1 is 1.05 bits per heavy atom. The van der Waals surface area contributed by atoms with Crippen molar-refractivity contribution >= 4 is 21.7 Å². The first-order valence-electron chi connectivity index (χ1n) is 11.7. The lowest BCUT2D eigenvalue weighted by molar-refractivity contribution is 0.0981. The van der Waals surface area contributed by atoms with Crippen LogP contribution in [-0.2, 0) is 10.0 Å². The molecule has 0 bridgehead atoms. The average molecular weight is 527 g/mol. The zero-order valence-corrected chi connectivity index (χ0v) is 22.2. The van der Waals surface area contributed by atoms with Crippen molar-refractivity contribution in [3.8, 4) is 23.1 Å². The summed E-state index contributed by atoms with van der Waals surface area (Å²) in [6.07, 6.45) is 2.52. The van der Waals surface area contributed by atoms with Crippen LogP contribution in [0.15, 0.2) is 59.8 Å². The first-order valence-corrected chi connectivity index (χ1v) is 13.2. The molecular weight excluding hydrogens is 496 g/mol. The third-order valence-corrected chi connectivity index (χ3v) is 7.37. The minimum atomic E-state index is -4.32. The van der Waals surface area contributed by atoms with Crippen LogP contribution in [-0.4, -0.2) is 50.6 Å². The zero-order chi connectivity index (χ0) is 26.8. The molecule has 1 saturated heterocycles. The minimum absolute atomic E-state index is 0.00301. The number of aromatic nitrogens is 2. The van der Waals surface area contributed by atoms with Gasteiger partial charge in [-0.25, -0.2) is 9.71 Å². The molecule has 4 rings (SSSR count). The third-order valence-electron chi connectivity index (χ3n) is 6.14. The minimum Gasteiger partial charge on any atom is -0.493 e.